The van der Waals surface area contributed by atoms with Crippen LogP contribution < -0.4 is 17.1 Å². The second kappa shape index (κ2) is 8.99. The minimum atomic E-state index is -1.77. The van der Waals surface area contributed by atoms with Gasteiger partial charge in [0, 0.05) is 0 Å². The molecular weight excluding hydrogens is 350 g/mol. The molecule has 2 atom stereocenters. The molecule has 1 rings (SSSR count). The Morgan fingerprint density at radius 1 is 0.846 bits per heavy atom. The molecule has 0 aliphatic heterocycles. The minimum Gasteiger partial charge on any atom is -0.395 e. The molecule has 0 amide bonds. The standard InChI is InChI=1S/C15H19N3O8/c1-3-9(20)11(22)7-17-13(24)16(5-6-19)14(25)18(15(17)26)8-12(23)10(21)4-2/h3-4,11-12,19,22-23H,1-2,5-8H2. The Bertz CT molecular complexity index is 825. The van der Waals surface area contributed by atoms with Crippen LogP contribution in [0, 0.1) is 0 Å². The Labute approximate surface area is 146 Å². The molecule has 142 valence electrons. The van der Waals surface area contributed by atoms with E-state index < -0.39 is 67.1 Å². The molecule has 0 fully saturated rings. The van der Waals surface area contributed by atoms with E-state index in [1.165, 1.54) is 0 Å². The van der Waals surface area contributed by atoms with Gasteiger partial charge in [0.25, 0.3) is 0 Å². The Morgan fingerprint density at radius 2 is 1.19 bits per heavy atom. The number of aliphatic hydroxyl groups excluding tert-OH is 3. The molecule has 0 radical (unpaired) electrons. The lowest BCUT2D eigenvalue weighted by molar-refractivity contribution is -0.123. The van der Waals surface area contributed by atoms with Gasteiger partial charge in [-0.2, -0.15) is 0 Å². The lowest BCUT2D eigenvalue weighted by Crippen LogP contribution is -2.57. The van der Waals surface area contributed by atoms with Crippen molar-refractivity contribution in [1.82, 2.24) is 13.7 Å². The molecule has 1 aromatic rings. The van der Waals surface area contributed by atoms with Crippen molar-refractivity contribution in [2.75, 3.05) is 6.61 Å². The summed E-state index contributed by atoms with van der Waals surface area (Å²) in [4.78, 5) is 59.8. The fourth-order valence-electron chi connectivity index (χ4n) is 2.08. The molecular formula is C15H19N3O8. The monoisotopic (exact) mass is 369 g/mol. The number of hydrogen-bond donors (Lipinski definition) is 3. The first-order valence-electron chi connectivity index (χ1n) is 7.43. The van der Waals surface area contributed by atoms with Crippen molar-refractivity contribution in [3.8, 4) is 0 Å². The molecule has 0 aromatic carbocycles. The highest BCUT2D eigenvalue weighted by Gasteiger charge is 2.22. The number of aromatic nitrogens is 3. The molecule has 0 spiro atoms. The molecule has 0 aliphatic rings. The summed E-state index contributed by atoms with van der Waals surface area (Å²) in [5, 5.41) is 28.5. The van der Waals surface area contributed by atoms with E-state index in [-0.39, 0.29) is 0 Å². The maximum absolute atomic E-state index is 12.4. The summed E-state index contributed by atoms with van der Waals surface area (Å²) in [5.74, 6) is -1.71. The Morgan fingerprint density at radius 3 is 1.50 bits per heavy atom. The van der Waals surface area contributed by atoms with Gasteiger partial charge in [0.2, 0.25) is 0 Å². The summed E-state index contributed by atoms with van der Waals surface area (Å²) in [6.07, 6.45) is -1.95. The zero-order valence-electron chi connectivity index (χ0n) is 13.8. The van der Waals surface area contributed by atoms with Crippen molar-refractivity contribution in [3.63, 3.8) is 0 Å². The van der Waals surface area contributed by atoms with E-state index in [0.717, 1.165) is 12.2 Å². The Balaban J connectivity index is 3.57. The van der Waals surface area contributed by atoms with Gasteiger partial charge in [-0.1, -0.05) is 13.2 Å². The van der Waals surface area contributed by atoms with Gasteiger partial charge in [-0.3, -0.25) is 9.59 Å². The van der Waals surface area contributed by atoms with E-state index in [4.69, 9.17) is 5.11 Å². The molecule has 26 heavy (non-hydrogen) atoms. The third-order valence-electron chi connectivity index (χ3n) is 3.48. The summed E-state index contributed by atoms with van der Waals surface area (Å²) in [7, 11) is 0. The van der Waals surface area contributed by atoms with Crippen molar-refractivity contribution in [1.29, 1.82) is 0 Å². The number of carbonyl (C=O) groups is 2. The topological polar surface area (TPSA) is 161 Å². The van der Waals surface area contributed by atoms with Crippen LogP contribution in [0.2, 0.25) is 0 Å². The summed E-state index contributed by atoms with van der Waals surface area (Å²) in [5.41, 5.74) is -3.56. The van der Waals surface area contributed by atoms with Gasteiger partial charge in [0.1, 0.15) is 12.2 Å². The first-order chi connectivity index (χ1) is 12.2. The van der Waals surface area contributed by atoms with E-state index in [0.29, 0.717) is 13.7 Å². The highest BCUT2D eigenvalue weighted by Crippen LogP contribution is 1.92. The van der Waals surface area contributed by atoms with Crippen LogP contribution in [0.4, 0.5) is 0 Å². The van der Waals surface area contributed by atoms with Crippen molar-refractivity contribution >= 4 is 11.6 Å². The summed E-state index contributed by atoms with van der Waals surface area (Å²) in [6.45, 7) is 3.68. The van der Waals surface area contributed by atoms with E-state index in [9.17, 15) is 34.2 Å². The van der Waals surface area contributed by atoms with E-state index in [1.54, 1.807) is 0 Å². The number of aliphatic hydroxyl groups is 3. The van der Waals surface area contributed by atoms with Gasteiger partial charge < -0.3 is 15.3 Å². The third kappa shape index (κ3) is 4.39. The first-order valence-corrected chi connectivity index (χ1v) is 7.43. The van der Waals surface area contributed by atoms with Gasteiger partial charge in [-0.05, 0) is 12.2 Å². The molecule has 0 saturated heterocycles. The highest BCUT2D eigenvalue weighted by molar-refractivity contribution is 5.93. The van der Waals surface area contributed by atoms with Crippen LogP contribution in [-0.2, 0) is 29.2 Å². The maximum Gasteiger partial charge on any atom is 0.336 e. The van der Waals surface area contributed by atoms with Crippen LogP contribution in [0.25, 0.3) is 0 Å². The summed E-state index contributed by atoms with van der Waals surface area (Å²) in [6, 6.07) is 0. The molecule has 11 heteroatoms. The van der Waals surface area contributed by atoms with Crippen LogP contribution >= 0.6 is 0 Å². The number of ketones is 2. The van der Waals surface area contributed by atoms with Crippen LogP contribution in [0.15, 0.2) is 39.7 Å². The normalized spacial score (nSPS) is 13.0. The van der Waals surface area contributed by atoms with Gasteiger partial charge in [-0.15, -0.1) is 0 Å². The predicted molar refractivity (Wildman–Crippen MR) is 88.7 cm³/mol. The minimum absolute atomic E-state index is 0.397. The van der Waals surface area contributed by atoms with Crippen LogP contribution in [-0.4, -0.2) is 59.4 Å². The van der Waals surface area contributed by atoms with E-state index in [2.05, 4.69) is 13.2 Å². The van der Waals surface area contributed by atoms with E-state index in [1.807, 2.05) is 0 Å². The molecule has 11 nitrogen and oxygen atoms in total. The van der Waals surface area contributed by atoms with Gasteiger partial charge >= 0.3 is 17.1 Å². The largest absolute Gasteiger partial charge is 0.395 e. The molecule has 0 aliphatic carbocycles. The lowest BCUT2D eigenvalue weighted by Gasteiger charge is -2.16. The quantitative estimate of drug-likeness (QED) is 0.356. The zero-order chi connectivity index (χ0) is 20.0. The molecule has 3 N–H and O–H groups in total. The molecule has 1 aromatic heterocycles. The summed E-state index contributed by atoms with van der Waals surface area (Å²) >= 11 is 0. The average molecular weight is 369 g/mol. The van der Waals surface area contributed by atoms with Gasteiger partial charge in [-0.25, -0.2) is 28.1 Å². The van der Waals surface area contributed by atoms with Crippen molar-refractivity contribution in [2.45, 2.75) is 31.8 Å². The van der Waals surface area contributed by atoms with Crippen LogP contribution in [0.1, 0.15) is 0 Å². The number of nitrogens with zero attached hydrogens (tertiary/aromatic N) is 3. The SMILES string of the molecule is C=CC(=O)C(O)Cn1c(=O)n(CCO)c(=O)n(CC(O)C(=O)C=C)c1=O. The number of carbonyl (C=O) groups excluding carboxylic acids is 2. The fourth-order valence-corrected chi connectivity index (χ4v) is 2.08. The smallest absolute Gasteiger partial charge is 0.336 e. The molecule has 2 unspecified atom stereocenters. The van der Waals surface area contributed by atoms with Crippen LogP contribution in [0.3, 0.4) is 0 Å². The second-order valence-electron chi connectivity index (χ2n) is 5.19. The molecule has 0 saturated carbocycles. The van der Waals surface area contributed by atoms with Crippen molar-refractivity contribution in [3.05, 3.63) is 56.8 Å². The summed E-state index contributed by atoms with van der Waals surface area (Å²) < 4.78 is 1.28. The predicted octanol–water partition coefficient (Wildman–Crippen LogP) is -3.60. The van der Waals surface area contributed by atoms with E-state index >= 15 is 0 Å². The van der Waals surface area contributed by atoms with Crippen molar-refractivity contribution in [2.24, 2.45) is 0 Å². The fraction of sp³-hybridized carbons (Fsp3) is 0.400. The highest BCUT2D eigenvalue weighted by atomic mass is 16.3. The van der Waals surface area contributed by atoms with Gasteiger partial charge in [0.05, 0.1) is 26.2 Å². The van der Waals surface area contributed by atoms with Crippen LogP contribution in [0.5, 0.6) is 0 Å². The third-order valence-corrected chi connectivity index (χ3v) is 3.48. The average Bonchev–Trinajstić information content (AvgIpc) is 2.63. The van der Waals surface area contributed by atoms with Crippen molar-refractivity contribution < 1.29 is 24.9 Å². The maximum atomic E-state index is 12.4. The zero-order valence-corrected chi connectivity index (χ0v) is 13.8. The lowest BCUT2D eigenvalue weighted by atomic mass is 10.2. The van der Waals surface area contributed by atoms with Gasteiger partial charge in [0.15, 0.2) is 11.6 Å². The number of hydrogen-bond acceptors (Lipinski definition) is 8. The Kier molecular flexibility index (Phi) is 7.31. The number of rotatable bonds is 10. The Hall–Kier alpha value is -2.89. The second-order valence-corrected chi connectivity index (χ2v) is 5.19. The molecule has 0 bridgehead atoms. The first kappa shape index (κ1) is 21.2. The molecule has 1 heterocycles.